The van der Waals surface area contributed by atoms with Crippen molar-refractivity contribution in [3.63, 3.8) is 0 Å². The summed E-state index contributed by atoms with van der Waals surface area (Å²) in [5.74, 6) is 0.955. The zero-order valence-electron chi connectivity index (χ0n) is 14.2. The molecule has 0 spiro atoms. The Balaban J connectivity index is 1.51. The Bertz CT molecular complexity index is 932. The van der Waals surface area contributed by atoms with Gasteiger partial charge in [0.1, 0.15) is 5.75 Å². The summed E-state index contributed by atoms with van der Waals surface area (Å²) < 4.78 is 5.57. The van der Waals surface area contributed by atoms with E-state index >= 15 is 0 Å². The van der Waals surface area contributed by atoms with Crippen molar-refractivity contribution < 1.29 is 9.53 Å². The second-order valence-electron chi connectivity index (χ2n) is 6.70. The Hall–Kier alpha value is -2.53. The van der Waals surface area contributed by atoms with Crippen LogP contribution in [-0.2, 0) is 11.2 Å². The molecule has 2 aromatic carbocycles. The first-order valence-corrected chi connectivity index (χ1v) is 9.72. The summed E-state index contributed by atoms with van der Waals surface area (Å²) in [4.78, 5) is 20.3. The maximum Gasteiger partial charge on any atom is 0.271 e. The third kappa shape index (κ3) is 2.92. The highest BCUT2D eigenvalue weighted by molar-refractivity contribution is 8.19. The molecule has 26 heavy (non-hydrogen) atoms. The molecule has 0 unspecified atom stereocenters. The van der Waals surface area contributed by atoms with Gasteiger partial charge in [-0.1, -0.05) is 24.3 Å². The first-order chi connectivity index (χ1) is 12.8. The highest BCUT2D eigenvalue weighted by atomic mass is 32.2. The average Bonchev–Trinajstić information content (AvgIpc) is 3.26. The monoisotopic (exact) mass is 362 g/mol. The number of hydrogen-bond donors (Lipinski definition) is 0. The lowest BCUT2D eigenvalue weighted by Crippen LogP contribution is -2.29. The molecule has 0 N–H and O–H groups in total. The van der Waals surface area contributed by atoms with Crippen molar-refractivity contribution in [3.05, 3.63) is 64.6 Å². The minimum atomic E-state index is -0.00246. The molecule has 5 rings (SSSR count). The van der Waals surface area contributed by atoms with E-state index in [0.29, 0.717) is 10.9 Å². The zero-order valence-corrected chi connectivity index (χ0v) is 15.0. The molecule has 130 valence electrons. The molecular formula is C21H18N2O2S. The normalized spacial score (nSPS) is 22.2. The molecule has 0 atom stereocenters. The average molecular weight is 362 g/mol. The fourth-order valence-corrected chi connectivity index (χ4v) is 4.22. The molecule has 1 saturated carbocycles. The van der Waals surface area contributed by atoms with E-state index in [-0.39, 0.29) is 5.91 Å². The molecule has 1 aliphatic carbocycles. The largest absolute Gasteiger partial charge is 0.493 e. The van der Waals surface area contributed by atoms with Crippen molar-refractivity contribution in [2.75, 3.05) is 11.5 Å². The predicted octanol–water partition coefficient (Wildman–Crippen LogP) is 4.26. The molecule has 2 fully saturated rings. The van der Waals surface area contributed by atoms with E-state index in [2.05, 4.69) is 6.07 Å². The third-order valence-corrected chi connectivity index (χ3v) is 5.65. The van der Waals surface area contributed by atoms with Gasteiger partial charge in [-0.3, -0.25) is 14.7 Å². The zero-order chi connectivity index (χ0) is 17.5. The van der Waals surface area contributed by atoms with Gasteiger partial charge in [0.05, 0.1) is 23.2 Å². The maximum absolute atomic E-state index is 13.1. The summed E-state index contributed by atoms with van der Waals surface area (Å²) in [6.45, 7) is 0.739. The molecule has 0 bridgehead atoms. The summed E-state index contributed by atoms with van der Waals surface area (Å²) in [5, 5.41) is 0.791. The highest BCUT2D eigenvalue weighted by Crippen LogP contribution is 2.38. The van der Waals surface area contributed by atoms with E-state index in [9.17, 15) is 4.79 Å². The molecular weight excluding hydrogens is 344 g/mol. The number of amidine groups is 1. The number of anilines is 1. The third-order valence-electron chi connectivity index (χ3n) is 4.67. The van der Waals surface area contributed by atoms with Gasteiger partial charge in [-0.25, -0.2) is 0 Å². The van der Waals surface area contributed by atoms with Crippen LogP contribution in [0.4, 0.5) is 5.69 Å². The van der Waals surface area contributed by atoms with Crippen molar-refractivity contribution in [1.82, 2.24) is 0 Å². The number of ether oxygens (including phenoxy) is 1. The smallest absolute Gasteiger partial charge is 0.271 e. The standard InChI is InChI=1S/C21H18N2O2S/c24-20-19(13-14-6-9-18-15(12-14)10-11-25-18)26-21(22-16-7-8-16)23(20)17-4-2-1-3-5-17/h1-6,9,12-13,16H,7-8,10-11H2/b19-13-,22-21?. The number of aliphatic imine (C=N–C) groups is 1. The molecule has 4 nitrogen and oxygen atoms in total. The number of nitrogens with zero attached hydrogens (tertiary/aromatic N) is 2. The minimum absolute atomic E-state index is 0.00246. The van der Waals surface area contributed by atoms with E-state index in [1.165, 1.54) is 17.3 Å². The summed E-state index contributed by atoms with van der Waals surface area (Å²) in [7, 11) is 0. The number of carbonyl (C=O) groups is 1. The molecule has 2 aliphatic heterocycles. The van der Waals surface area contributed by atoms with Crippen molar-refractivity contribution in [3.8, 4) is 5.75 Å². The second kappa shape index (κ2) is 6.32. The molecule has 1 saturated heterocycles. The molecule has 0 aromatic heterocycles. The van der Waals surface area contributed by atoms with Crippen molar-refractivity contribution in [2.24, 2.45) is 4.99 Å². The molecule has 2 heterocycles. The molecule has 5 heteroatoms. The van der Waals surface area contributed by atoms with Crippen LogP contribution < -0.4 is 9.64 Å². The van der Waals surface area contributed by atoms with E-state index in [1.807, 2.05) is 48.5 Å². The van der Waals surface area contributed by atoms with Crippen LogP contribution in [-0.4, -0.2) is 23.7 Å². The summed E-state index contributed by atoms with van der Waals surface area (Å²) in [6, 6.07) is 16.3. The van der Waals surface area contributed by atoms with E-state index in [4.69, 9.17) is 9.73 Å². The first kappa shape index (κ1) is 15.7. The van der Waals surface area contributed by atoms with Crippen LogP contribution in [0.5, 0.6) is 5.75 Å². The number of thioether (sulfide) groups is 1. The van der Waals surface area contributed by atoms with Gasteiger partial charge in [-0.05, 0) is 66.1 Å². The number of carbonyl (C=O) groups excluding carboxylic acids is 1. The summed E-state index contributed by atoms with van der Waals surface area (Å²) in [6.07, 6.45) is 5.13. The molecule has 3 aliphatic rings. The summed E-state index contributed by atoms with van der Waals surface area (Å²) >= 11 is 1.47. The SMILES string of the molecule is O=C1/C(=C/c2ccc3c(c2)CCO3)SC(=NC2CC2)N1c1ccccc1. The Kier molecular flexibility index (Phi) is 3.82. The van der Waals surface area contributed by atoms with Crippen LogP contribution in [0.25, 0.3) is 6.08 Å². The minimum Gasteiger partial charge on any atom is -0.493 e. The second-order valence-corrected chi connectivity index (χ2v) is 7.70. The maximum atomic E-state index is 13.1. The van der Waals surface area contributed by atoms with Crippen molar-refractivity contribution >= 4 is 34.6 Å². The molecule has 1 amide bonds. The van der Waals surface area contributed by atoms with Gasteiger partial charge in [-0.2, -0.15) is 0 Å². The van der Waals surface area contributed by atoms with Gasteiger partial charge in [0.15, 0.2) is 5.17 Å². The quantitative estimate of drug-likeness (QED) is 0.766. The van der Waals surface area contributed by atoms with Crippen LogP contribution in [0.15, 0.2) is 58.4 Å². The van der Waals surface area contributed by atoms with Crippen molar-refractivity contribution in [2.45, 2.75) is 25.3 Å². The Morgan fingerprint density at radius 1 is 1.15 bits per heavy atom. The fraction of sp³-hybridized carbons (Fsp3) is 0.238. The van der Waals surface area contributed by atoms with Gasteiger partial charge < -0.3 is 4.74 Å². The van der Waals surface area contributed by atoms with Gasteiger partial charge >= 0.3 is 0 Å². The van der Waals surface area contributed by atoms with Crippen LogP contribution >= 0.6 is 11.8 Å². The van der Waals surface area contributed by atoms with E-state index < -0.39 is 0 Å². The molecule has 0 radical (unpaired) electrons. The Labute approximate surface area is 156 Å². The molecule has 2 aromatic rings. The lowest BCUT2D eigenvalue weighted by molar-refractivity contribution is -0.113. The number of para-hydroxylation sites is 1. The lowest BCUT2D eigenvalue weighted by atomic mass is 10.1. The number of hydrogen-bond acceptors (Lipinski definition) is 4. The van der Waals surface area contributed by atoms with E-state index in [1.54, 1.807) is 4.90 Å². The Morgan fingerprint density at radius 3 is 2.81 bits per heavy atom. The van der Waals surface area contributed by atoms with Crippen LogP contribution in [0.2, 0.25) is 0 Å². The fourth-order valence-electron chi connectivity index (χ4n) is 3.17. The highest BCUT2D eigenvalue weighted by Gasteiger charge is 2.36. The lowest BCUT2D eigenvalue weighted by Gasteiger charge is -2.15. The number of fused-ring (bicyclic) bond motifs is 1. The van der Waals surface area contributed by atoms with Gasteiger partial charge in [0.25, 0.3) is 5.91 Å². The summed E-state index contributed by atoms with van der Waals surface area (Å²) in [5.41, 5.74) is 3.11. The van der Waals surface area contributed by atoms with Gasteiger partial charge in [0, 0.05) is 6.42 Å². The van der Waals surface area contributed by atoms with Crippen LogP contribution in [0.1, 0.15) is 24.0 Å². The number of amides is 1. The number of rotatable bonds is 3. The van der Waals surface area contributed by atoms with Crippen LogP contribution in [0.3, 0.4) is 0 Å². The van der Waals surface area contributed by atoms with Crippen molar-refractivity contribution in [1.29, 1.82) is 0 Å². The predicted molar refractivity (Wildman–Crippen MR) is 106 cm³/mol. The van der Waals surface area contributed by atoms with E-state index in [0.717, 1.165) is 48.0 Å². The van der Waals surface area contributed by atoms with Gasteiger partial charge in [-0.15, -0.1) is 0 Å². The Morgan fingerprint density at radius 2 is 2.00 bits per heavy atom. The topological polar surface area (TPSA) is 41.9 Å². The van der Waals surface area contributed by atoms with Gasteiger partial charge in [0.2, 0.25) is 0 Å². The first-order valence-electron chi connectivity index (χ1n) is 8.90. The van der Waals surface area contributed by atoms with Crippen LogP contribution in [0, 0.1) is 0 Å². The number of benzene rings is 2.